The first-order valence-electron chi connectivity index (χ1n) is 7.19. The first kappa shape index (κ1) is 16.0. The van der Waals surface area contributed by atoms with Crippen LogP contribution in [0.2, 0.25) is 0 Å². The molecule has 0 spiro atoms. The molecule has 6 nitrogen and oxygen atoms in total. The Bertz CT molecular complexity index is 617. The van der Waals surface area contributed by atoms with Crippen LogP contribution in [0.15, 0.2) is 42.7 Å². The second kappa shape index (κ2) is 6.62. The minimum Gasteiger partial charge on any atom is -0.394 e. The highest BCUT2D eigenvalue weighted by Crippen LogP contribution is 2.21. The summed E-state index contributed by atoms with van der Waals surface area (Å²) in [6.45, 7) is 5.78. The SMILES string of the molecule is CC(C)(C)[C@@H](CO)NC(=O)Nc1ccccc1-n1cccn1. The Balaban J connectivity index is 2.13. The largest absolute Gasteiger partial charge is 0.394 e. The van der Waals surface area contributed by atoms with E-state index in [1.54, 1.807) is 10.9 Å². The van der Waals surface area contributed by atoms with Crippen molar-refractivity contribution in [1.82, 2.24) is 15.1 Å². The smallest absolute Gasteiger partial charge is 0.319 e. The van der Waals surface area contributed by atoms with Gasteiger partial charge in [-0.05, 0) is 23.6 Å². The molecule has 3 N–H and O–H groups in total. The van der Waals surface area contributed by atoms with E-state index in [1.165, 1.54) is 0 Å². The molecule has 0 fully saturated rings. The molecule has 0 aliphatic heterocycles. The predicted octanol–water partition coefficient (Wildman–Crippen LogP) is 2.40. The van der Waals surface area contributed by atoms with Crippen molar-refractivity contribution >= 4 is 11.7 Å². The monoisotopic (exact) mass is 302 g/mol. The average molecular weight is 302 g/mol. The average Bonchev–Trinajstić information content (AvgIpc) is 2.98. The van der Waals surface area contributed by atoms with Crippen LogP contribution in [-0.2, 0) is 0 Å². The fourth-order valence-electron chi connectivity index (χ4n) is 2.04. The summed E-state index contributed by atoms with van der Waals surface area (Å²) in [6.07, 6.45) is 3.49. The second-order valence-electron chi connectivity index (χ2n) is 6.17. The van der Waals surface area contributed by atoms with E-state index in [-0.39, 0.29) is 24.1 Å². The van der Waals surface area contributed by atoms with Crippen molar-refractivity contribution in [3.63, 3.8) is 0 Å². The summed E-state index contributed by atoms with van der Waals surface area (Å²) in [6, 6.07) is 8.54. The van der Waals surface area contributed by atoms with Gasteiger partial charge in [-0.2, -0.15) is 5.10 Å². The fourth-order valence-corrected chi connectivity index (χ4v) is 2.04. The van der Waals surface area contributed by atoms with Crippen LogP contribution in [0.25, 0.3) is 5.69 Å². The Hall–Kier alpha value is -2.34. The van der Waals surface area contributed by atoms with Gasteiger partial charge in [0.05, 0.1) is 24.0 Å². The molecular weight excluding hydrogens is 280 g/mol. The van der Waals surface area contributed by atoms with E-state index in [0.29, 0.717) is 5.69 Å². The van der Waals surface area contributed by atoms with Gasteiger partial charge in [0.2, 0.25) is 0 Å². The number of para-hydroxylation sites is 2. The molecule has 1 aromatic heterocycles. The number of amides is 2. The number of nitrogens with one attached hydrogen (secondary N) is 2. The van der Waals surface area contributed by atoms with Gasteiger partial charge in [-0.1, -0.05) is 32.9 Å². The number of aliphatic hydroxyl groups is 1. The molecule has 0 aliphatic carbocycles. The Morgan fingerprint density at radius 3 is 2.64 bits per heavy atom. The van der Waals surface area contributed by atoms with Crippen molar-refractivity contribution in [3.05, 3.63) is 42.7 Å². The van der Waals surface area contributed by atoms with Gasteiger partial charge >= 0.3 is 6.03 Å². The maximum atomic E-state index is 12.2. The van der Waals surface area contributed by atoms with Crippen LogP contribution in [0.5, 0.6) is 0 Å². The molecule has 1 aromatic carbocycles. The molecule has 0 radical (unpaired) electrons. The van der Waals surface area contributed by atoms with E-state index < -0.39 is 0 Å². The molecule has 118 valence electrons. The molecule has 0 unspecified atom stereocenters. The fraction of sp³-hybridized carbons (Fsp3) is 0.375. The zero-order valence-electron chi connectivity index (χ0n) is 13.1. The van der Waals surface area contributed by atoms with Crippen LogP contribution < -0.4 is 10.6 Å². The van der Waals surface area contributed by atoms with Gasteiger partial charge in [-0.3, -0.25) is 0 Å². The van der Waals surface area contributed by atoms with E-state index in [1.807, 2.05) is 57.3 Å². The van der Waals surface area contributed by atoms with Gasteiger partial charge in [0, 0.05) is 12.4 Å². The number of anilines is 1. The number of aromatic nitrogens is 2. The number of urea groups is 1. The minimum absolute atomic E-state index is 0.113. The van der Waals surface area contributed by atoms with Crippen LogP contribution in [-0.4, -0.2) is 33.6 Å². The van der Waals surface area contributed by atoms with Crippen molar-refractivity contribution in [2.45, 2.75) is 26.8 Å². The maximum absolute atomic E-state index is 12.2. The number of carbonyl (C=O) groups excluding carboxylic acids is 1. The van der Waals surface area contributed by atoms with Gasteiger partial charge in [0.15, 0.2) is 0 Å². The molecule has 0 saturated heterocycles. The number of carbonyl (C=O) groups is 1. The first-order chi connectivity index (χ1) is 10.4. The normalized spacial score (nSPS) is 12.7. The van der Waals surface area contributed by atoms with Crippen molar-refractivity contribution < 1.29 is 9.90 Å². The molecule has 2 amide bonds. The third-order valence-corrected chi connectivity index (χ3v) is 3.44. The van der Waals surface area contributed by atoms with Gasteiger partial charge in [0.25, 0.3) is 0 Å². The van der Waals surface area contributed by atoms with Crippen LogP contribution in [0.1, 0.15) is 20.8 Å². The summed E-state index contributed by atoms with van der Waals surface area (Å²) in [7, 11) is 0. The second-order valence-corrected chi connectivity index (χ2v) is 6.17. The minimum atomic E-state index is -0.353. The molecule has 6 heteroatoms. The van der Waals surface area contributed by atoms with Crippen LogP contribution in [0.4, 0.5) is 10.5 Å². The summed E-state index contributed by atoms with van der Waals surface area (Å²) < 4.78 is 1.68. The van der Waals surface area contributed by atoms with Crippen LogP contribution >= 0.6 is 0 Å². The van der Waals surface area contributed by atoms with E-state index in [9.17, 15) is 9.90 Å². The zero-order chi connectivity index (χ0) is 16.2. The lowest BCUT2D eigenvalue weighted by atomic mass is 9.87. The molecule has 1 atom stereocenters. The van der Waals surface area contributed by atoms with Crippen molar-refractivity contribution in [1.29, 1.82) is 0 Å². The summed E-state index contributed by atoms with van der Waals surface area (Å²) in [5.74, 6) is 0. The molecule has 1 heterocycles. The first-order valence-corrected chi connectivity index (χ1v) is 7.19. The lowest BCUT2D eigenvalue weighted by Crippen LogP contribution is -2.47. The zero-order valence-corrected chi connectivity index (χ0v) is 13.1. The molecule has 22 heavy (non-hydrogen) atoms. The molecule has 2 aromatic rings. The lowest BCUT2D eigenvalue weighted by molar-refractivity contribution is 0.162. The number of rotatable bonds is 4. The highest BCUT2D eigenvalue weighted by Gasteiger charge is 2.25. The highest BCUT2D eigenvalue weighted by molar-refractivity contribution is 5.91. The number of benzene rings is 1. The Morgan fingerprint density at radius 1 is 1.32 bits per heavy atom. The number of aliphatic hydroxyl groups excluding tert-OH is 1. The van der Waals surface area contributed by atoms with Gasteiger partial charge < -0.3 is 15.7 Å². The van der Waals surface area contributed by atoms with Crippen molar-refractivity contribution in [2.24, 2.45) is 5.41 Å². The number of nitrogens with zero attached hydrogens (tertiary/aromatic N) is 2. The topological polar surface area (TPSA) is 79.2 Å². The van der Waals surface area contributed by atoms with Gasteiger partial charge in [0.1, 0.15) is 0 Å². The Labute approximate surface area is 130 Å². The van der Waals surface area contributed by atoms with Gasteiger partial charge in [-0.15, -0.1) is 0 Å². The van der Waals surface area contributed by atoms with E-state index >= 15 is 0 Å². The predicted molar refractivity (Wildman–Crippen MR) is 86.0 cm³/mol. The molecular formula is C16H22N4O2. The summed E-state index contributed by atoms with van der Waals surface area (Å²) in [5.41, 5.74) is 1.20. The standard InChI is InChI=1S/C16H22N4O2/c1-16(2,3)14(11-21)19-15(22)18-12-7-4-5-8-13(12)20-10-6-9-17-20/h4-10,14,21H,11H2,1-3H3,(H2,18,19,22)/t14-/m1/s1. The highest BCUT2D eigenvalue weighted by atomic mass is 16.3. The Morgan fingerprint density at radius 2 is 2.05 bits per heavy atom. The molecule has 2 rings (SSSR count). The maximum Gasteiger partial charge on any atom is 0.319 e. The van der Waals surface area contributed by atoms with E-state index in [0.717, 1.165) is 5.69 Å². The van der Waals surface area contributed by atoms with Crippen molar-refractivity contribution in [2.75, 3.05) is 11.9 Å². The summed E-state index contributed by atoms with van der Waals surface area (Å²) in [5, 5.41) is 19.2. The molecule has 0 aliphatic rings. The lowest BCUT2D eigenvalue weighted by Gasteiger charge is -2.29. The van der Waals surface area contributed by atoms with Gasteiger partial charge in [-0.25, -0.2) is 9.48 Å². The number of hydrogen-bond donors (Lipinski definition) is 3. The summed E-state index contributed by atoms with van der Waals surface area (Å²) >= 11 is 0. The molecule has 0 saturated carbocycles. The van der Waals surface area contributed by atoms with Crippen LogP contribution in [0, 0.1) is 5.41 Å². The van der Waals surface area contributed by atoms with Crippen molar-refractivity contribution in [3.8, 4) is 5.69 Å². The number of hydrogen-bond acceptors (Lipinski definition) is 3. The van der Waals surface area contributed by atoms with E-state index in [2.05, 4.69) is 15.7 Å². The summed E-state index contributed by atoms with van der Waals surface area (Å²) in [4.78, 5) is 12.2. The molecule has 0 bridgehead atoms. The van der Waals surface area contributed by atoms with Crippen LogP contribution in [0.3, 0.4) is 0 Å². The third-order valence-electron chi connectivity index (χ3n) is 3.44. The quantitative estimate of drug-likeness (QED) is 0.811. The van der Waals surface area contributed by atoms with E-state index in [4.69, 9.17) is 0 Å². The Kier molecular flexibility index (Phi) is 4.82. The third kappa shape index (κ3) is 3.85.